The van der Waals surface area contributed by atoms with E-state index >= 15 is 0 Å². The molecule has 58 valence electrons. The van der Waals surface area contributed by atoms with Crippen LogP contribution in [0, 0.1) is 5.92 Å². The van der Waals surface area contributed by atoms with Crippen molar-refractivity contribution in [1.82, 2.24) is 5.32 Å². The van der Waals surface area contributed by atoms with E-state index in [2.05, 4.69) is 5.32 Å². The van der Waals surface area contributed by atoms with Gasteiger partial charge in [-0.2, -0.15) is 0 Å². The van der Waals surface area contributed by atoms with Crippen LogP contribution >= 0.6 is 0 Å². The molecule has 1 aliphatic heterocycles. The monoisotopic (exact) mass is 143 g/mol. The Hall–Kier alpha value is -0.120. The SMILES string of the molecule is O[C@@H]1[C@H](O)C[C@H]2CN[C@@H]1C2. The fourth-order valence-corrected chi connectivity index (χ4v) is 2.03. The highest BCUT2D eigenvalue weighted by Gasteiger charge is 2.39. The molecule has 0 aromatic heterocycles. The van der Waals surface area contributed by atoms with Crippen molar-refractivity contribution in [2.45, 2.75) is 31.1 Å². The van der Waals surface area contributed by atoms with Gasteiger partial charge in [0.15, 0.2) is 0 Å². The van der Waals surface area contributed by atoms with E-state index in [0.29, 0.717) is 5.92 Å². The molecule has 3 N–H and O–H groups in total. The van der Waals surface area contributed by atoms with Gasteiger partial charge in [0, 0.05) is 6.04 Å². The van der Waals surface area contributed by atoms with Crippen LogP contribution in [0.5, 0.6) is 0 Å². The maximum atomic E-state index is 9.35. The summed E-state index contributed by atoms with van der Waals surface area (Å²) in [7, 11) is 0. The lowest BCUT2D eigenvalue weighted by Gasteiger charge is -2.28. The average Bonchev–Trinajstić information content (AvgIpc) is 2.29. The van der Waals surface area contributed by atoms with Crippen LogP contribution < -0.4 is 5.32 Å². The van der Waals surface area contributed by atoms with Crippen LogP contribution in [0.2, 0.25) is 0 Å². The standard InChI is InChI=1S/C7H13NO2/c9-6-2-4-1-5(7(6)10)8-3-4/h4-10H,1-3H2/t4-,5+,6+,7-/m0/s1. The molecule has 3 nitrogen and oxygen atoms in total. The van der Waals surface area contributed by atoms with Crippen LogP contribution in [-0.4, -0.2) is 35.0 Å². The van der Waals surface area contributed by atoms with E-state index in [1.807, 2.05) is 0 Å². The topological polar surface area (TPSA) is 52.5 Å². The van der Waals surface area contributed by atoms with E-state index in [9.17, 15) is 10.2 Å². The summed E-state index contributed by atoms with van der Waals surface area (Å²) >= 11 is 0. The first-order chi connectivity index (χ1) is 4.77. The minimum Gasteiger partial charge on any atom is -0.390 e. The Kier molecular flexibility index (Phi) is 1.44. The minimum atomic E-state index is -0.529. The van der Waals surface area contributed by atoms with Gasteiger partial charge in [-0.05, 0) is 25.3 Å². The number of aliphatic hydroxyl groups is 2. The molecule has 4 atom stereocenters. The van der Waals surface area contributed by atoms with Crippen LogP contribution in [0.3, 0.4) is 0 Å². The first kappa shape index (κ1) is 6.58. The summed E-state index contributed by atoms with van der Waals surface area (Å²) in [6.45, 7) is 0.971. The quantitative estimate of drug-likeness (QED) is 0.411. The van der Waals surface area contributed by atoms with Gasteiger partial charge in [-0.3, -0.25) is 0 Å². The summed E-state index contributed by atoms with van der Waals surface area (Å²) in [5.41, 5.74) is 0. The molecule has 0 spiro atoms. The molecular weight excluding hydrogens is 130 g/mol. The number of hydrogen-bond acceptors (Lipinski definition) is 3. The van der Waals surface area contributed by atoms with Gasteiger partial charge in [0.1, 0.15) is 0 Å². The Morgan fingerprint density at radius 2 is 2.00 bits per heavy atom. The maximum absolute atomic E-state index is 9.35. The summed E-state index contributed by atoms with van der Waals surface area (Å²) in [5.74, 6) is 0.600. The van der Waals surface area contributed by atoms with Gasteiger partial charge < -0.3 is 15.5 Å². The first-order valence-corrected chi connectivity index (χ1v) is 3.87. The Labute approximate surface area is 60.1 Å². The number of nitrogens with one attached hydrogen (secondary N) is 1. The molecule has 2 fully saturated rings. The molecule has 0 amide bonds. The van der Waals surface area contributed by atoms with Gasteiger partial charge >= 0.3 is 0 Å². The Bertz CT molecular complexity index is 140. The van der Waals surface area contributed by atoms with E-state index in [0.717, 1.165) is 19.4 Å². The van der Waals surface area contributed by atoms with Crippen molar-refractivity contribution in [2.24, 2.45) is 5.92 Å². The zero-order valence-corrected chi connectivity index (χ0v) is 5.83. The number of aliphatic hydroxyl groups excluding tert-OH is 2. The van der Waals surface area contributed by atoms with Gasteiger partial charge in [-0.25, -0.2) is 0 Å². The van der Waals surface area contributed by atoms with Gasteiger partial charge in [-0.15, -0.1) is 0 Å². The van der Waals surface area contributed by atoms with E-state index in [-0.39, 0.29) is 6.04 Å². The van der Waals surface area contributed by atoms with Crippen molar-refractivity contribution in [3.63, 3.8) is 0 Å². The molecule has 0 aromatic rings. The molecule has 2 bridgehead atoms. The van der Waals surface area contributed by atoms with Gasteiger partial charge in [0.25, 0.3) is 0 Å². The number of hydrogen-bond donors (Lipinski definition) is 3. The molecule has 1 saturated heterocycles. The number of fused-ring (bicyclic) bond motifs is 2. The molecule has 2 aliphatic rings. The molecule has 2 rings (SSSR count). The predicted octanol–water partition coefficient (Wildman–Crippen LogP) is -0.910. The van der Waals surface area contributed by atoms with Crippen LogP contribution in [0.1, 0.15) is 12.8 Å². The van der Waals surface area contributed by atoms with Crippen LogP contribution in [0.4, 0.5) is 0 Å². The molecular formula is C7H13NO2. The van der Waals surface area contributed by atoms with Crippen LogP contribution in [-0.2, 0) is 0 Å². The molecule has 0 radical (unpaired) electrons. The Morgan fingerprint density at radius 1 is 1.20 bits per heavy atom. The molecule has 1 heterocycles. The van der Waals surface area contributed by atoms with Crippen molar-refractivity contribution in [1.29, 1.82) is 0 Å². The summed E-state index contributed by atoms with van der Waals surface area (Å²) in [4.78, 5) is 0. The Balaban J connectivity index is 2.09. The van der Waals surface area contributed by atoms with Crippen LogP contribution in [0.25, 0.3) is 0 Å². The van der Waals surface area contributed by atoms with E-state index in [1.165, 1.54) is 0 Å². The third-order valence-corrected chi connectivity index (χ3v) is 2.64. The second kappa shape index (κ2) is 2.19. The van der Waals surface area contributed by atoms with Crippen molar-refractivity contribution in [2.75, 3.05) is 6.54 Å². The lowest BCUT2D eigenvalue weighted by atomic mass is 9.86. The lowest BCUT2D eigenvalue weighted by Crippen LogP contribution is -2.44. The highest BCUT2D eigenvalue weighted by Crippen LogP contribution is 2.29. The predicted molar refractivity (Wildman–Crippen MR) is 36.5 cm³/mol. The van der Waals surface area contributed by atoms with Crippen molar-refractivity contribution >= 4 is 0 Å². The summed E-state index contributed by atoms with van der Waals surface area (Å²) in [5, 5.41) is 21.8. The van der Waals surface area contributed by atoms with Gasteiger partial charge in [0.05, 0.1) is 12.2 Å². The molecule has 0 unspecified atom stereocenters. The summed E-state index contributed by atoms with van der Waals surface area (Å²) in [6.07, 6.45) is 0.792. The summed E-state index contributed by atoms with van der Waals surface area (Å²) in [6, 6.07) is 0.161. The normalized spacial score (nSPS) is 53.4. The zero-order chi connectivity index (χ0) is 7.14. The highest BCUT2D eigenvalue weighted by atomic mass is 16.3. The van der Waals surface area contributed by atoms with Crippen molar-refractivity contribution in [3.05, 3.63) is 0 Å². The first-order valence-electron chi connectivity index (χ1n) is 3.87. The fourth-order valence-electron chi connectivity index (χ4n) is 2.03. The highest BCUT2D eigenvalue weighted by molar-refractivity contribution is 4.96. The Morgan fingerprint density at radius 3 is 2.80 bits per heavy atom. The molecule has 1 saturated carbocycles. The molecule has 0 aromatic carbocycles. The summed E-state index contributed by atoms with van der Waals surface area (Å²) < 4.78 is 0. The zero-order valence-electron chi connectivity index (χ0n) is 5.83. The van der Waals surface area contributed by atoms with E-state index in [1.54, 1.807) is 0 Å². The lowest BCUT2D eigenvalue weighted by molar-refractivity contribution is -0.0244. The fraction of sp³-hybridized carbons (Fsp3) is 1.00. The third-order valence-electron chi connectivity index (χ3n) is 2.64. The second-order valence-corrected chi connectivity index (χ2v) is 3.41. The number of rotatable bonds is 0. The van der Waals surface area contributed by atoms with Gasteiger partial charge in [0.2, 0.25) is 0 Å². The largest absolute Gasteiger partial charge is 0.390 e. The van der Waals surface area contributed by atoms with Crippen molar-refractivity contribution < 1.29 is 10.2 Å². The molecule has 3 heteroatoms. The maximum Gasteiger partial charge on any atom is 0.0951 e. The van der Waals surface area contributed by atoms with Gasteiger partial charge in [-0.1, -0.05) is 0 Å². The van der Waals surface area contributed by atoms with Crippen LogP contribution in [0.15, 0.2) is 0 Å². The molecule has 1 aliphatic carbocycles. The van der Waals surface area contributed by atoms with E-state index in [4.69, 9.17) is 0 Å². The minimum absolute atomic E-state index is 0.161. The smallest absolute Gasteiger partial charge is 0.0951 e. The molecule has 10 heavy (non-hydrogen) atoms. The third kappa shape index (κ3) is 0.856. The second-order valence-electron chi connectivity index (χ2n) is 3.41. The average molecular weight is 143 g/mol. The van der Waals surface area contributed by atoms with Crippen molar-refractivity contribution in [3.8, 4) is 0 Å². The van der Waals surface area contributed by atoms with E-state index < -0.39 is 12.2 Å².